The zero-order chi connectivity index (χ0) is 28.6. The Balaban J connectivity index is 2.30. The molecule has 0 unspecified atom stereocenters. The fraction of sp³-hybridized carbons (Fsp3) is 0.464. The number of nitrogens with zero attached hydrogens (tertiary/aromatic N) is 2. The van der Waals surface area contributed by atoms with Crippen molar-refractivity contribution in [3.05, 3.63) is 65.0 Å². The fourth-order valence-corrected chi connectivity index (χ4v) is 4.48. The lowest BCUT2D eigenvalue weighted by Gasteiger charge is -2.37. The van der Waals surface area contributed by atoms with Gasteiger partial charge in [-0.1, -0.05) is 38.1 Å². The summed E-state index contributed by atoms with van der Waals surface area (Å²) in [6.07, 6.45) is 0.442. The zero-order valence-electron chi connectivity index (χ0n) is 22.9. The van der Waals surface area contributed by atoms with E-state index in [1.165, 1.54) is 35.0 Å². The average molecular weight is 531 g/mol. The second-order valence-corrected chi connectivity index (χ2v) is 9.80. The smallest absolute Gasteiger partial charge is 0.246 e. The highest BCUT2D eigenvalue weighted by Gasteiger charge is 2.38. The van der Waals surface area contributed by atoms with Gasteiger partial charge in [0.1, 0.15) is 30.4 Å². The van der Waals surface area contributed by atoms with E-state index in [9.17, 15) is 29.0 Å². The van der Waals surface area contributed by atoms with Crippen LogP contribution in [0.2, 0.25) is 0 Å². The molecule has 2 aromatic rings. The number of hydrogen-bond donors (Lipinski definition) is 4. The molecule has 10 heteroatoms. The molecule has 2 rings (SSSR count). The molecule has 3 amide bonds. The lowest BCUT2D eigenvalue weighted by molar-refractivity contribution is -0.150. The Morgan fingerprint density at radius 1 is 0.947 bits per heavy atom. The summed E-state index contributed by atoms with van der Waals surface area (Å²) >= 11 is 0. The number of likely N-dealkylation sites (N-methyl/N-ethyl adjacent to an activating group) is 3. The first-order valence-electron chi connectivity index (χ1n) is 12.5. The number of carbonyl (C=O) groups excluding carboxylic acids is 3. The van der Waals surface area contributed by atoms with Gasteiger partial charge in [-0.15, -0.1) is 0 Å². The number of aliphatic hydroxyl groups is 1. The minimum Gasteiger partial charge on any atom is -0.508 e. The van der Waals surface area contributed by atoms with E-state index < -0.39 is 36.7 Å². The first-order valence-corrected chi connectivity index (χ1v) is 12.5. The molecule has 3 atom stereocenters. The summed E-state index contributed by atoms with van der Waals surface area (Å²) in [5.74, 6) is -1.82. The number of aryl methyl sites for hydroxylation is 1. The number of amides is 3. The number of aromatic hydroxyl groups is 1. The van der Waals surface area contributed by atoms with Crippen molar-refractivity contribution in [1.82, 2.24) is 20.4 Å². The van der Waals surface area contributed by atoms with Crippen LogP contribution in [0, 0.1) is 18.7 Å². The Hall–Kier alpha value is -3.50. The maximum atomic E-state index is 13.8. The highest BCUT2D eigenvalue weighted by molar-refractivity contribution is 5.93. The van der Waals surface area contributed by atoms with E-state index in [4.69, 9.17) is 0 Å². The van der Waals surface area contributed by atoms with E-state index in [-0.39, 0.29) is 29.8 Å². The third-order valence-corrected chi connectivity index (χ3v) is 6.71. The minimum atomic E-state index is -0.970. The summed E-state index contributed by atoms with van der Waals surface area (Å²) in [6.45, 7) is 4.78. The number of aliphatic hydroxyl groups excluding tert-OH is 1. The van der Waals surface area contributed by atoms with Crippen molar-refractivity contribution >= 4 is 17.7 Å². The molecule has 0 aliphatic rings. The van der Waals surface area contributed by atoms with Gasteiger partial charge >= 0.3 is 0 Å². The maximum Gasteiger partial charge on any atom is 0.246 e. The molecule has 0 radical (unpaired) electrons. The quantitative estimate of drug-likeness (QED) is 0.309. The molecule has 0 aromatic heterocycles. The molecule has 0 aliphatic heterocycles. The number of rotatable bonds is 12. The molecular weight excluding hydrogens is 491 g/mol. The summed E-state index contributed by atoms with van der Waals surface area (Å²) in [5.41, 5.74) is 2.11. The van der Waals surface area contributed by atoms with E-state index >= 15 is 0 Å². The van der Waals surface area contributed by atoms with Crippen LogP contribution in [-0.4, -0.2) is 83.7 Å². The summed E-state index contributed by atoms with van der Waals surface area (Å²) in [4.78, 5) is 42.8. The van der Waals surface area contributed by atoms with E-state index in [1.807, 2.05) is 13.8 Å². The van der Waals surface area contributed by atoms with E-state index in [0.717, 1.165) is 11.1 Å². The molecule has 0 aliphatic carbocycles. The van der Waals surface area contributed by atoms with Crippen molar-refractivity contribution < 1.29 is 29.0 Å². The molecule has 0 saturated carbocycles. The number of hydrogen-bond acceptors (Lipinski definition) is 6. The molecule has 2 aromatic carbocycles. The average Bonchev–Trinajstić information content (AvgIpc) is 2.88. The standard InChI is InChI=1S/C28H39FN4O5/c1-17(2)25(33(6)27(37)22(30-4)14-19-7-10-21(29)11-8-19)28(38)32(5)23(26(36)31-16-34)15-20-9-12-24(35)18(3)13-20/h7-13,17,22-23,25,30,34-35H,14-16H2,1-6H3,(H,31,36)/t22-,23-,25-/m0/s1. The van der Waals surface area contributed by atoms with Gasteiger partial charge in [-0.05, 0) is 61.2 Å². The highest BCUT2D eigenvalue weighted by Crippen LogP contribution is 2.21. The summed E-state index contributed by atoms with van der Waals surface area (Å²) in [5, 5.41) is 24.5. The van der Waals surface area contributed by atoms with Crippen LogP contribution in [0.4, 0.5) is 4.39 Å². The Bertz CT molecular complexity index is 1110. The normalized spacial score (nSPS) is 13.5. The summed E-state index contributed by atoms with van der Waals surface area (Å²) < 4.78 is 13.3. The van der Waals surface area contributed by atoms with Crippen LogP contribution in [0.5, 0.6) is 5.75 Å². The van der Waals surface area contributed by atoms with Gasteiger partial charge in [0.25, 0.3) is 0 Å². The Labute approximate surface area is 223 Å². The first-order chi connectivity index (χ1) is 17.9. The van der Waals surface area contributed by atoms with Crippen LogP contribution in [0.3, 0.4) is 0 Å². The zero-order valence-corrected chi connectivity index (χ0v) is 22.9. The largest absolute Gasteiger partial charge is 0.508 e. The van der Waals surface area contributed by atoms with Gasteiger partial charge in [-0.25, -0.2) is 4.39 Å². The topological polar surface area (TPSA) is 122 Å². The number of benzene rings is 2. The maximum absolute atomic E-state index is 13.8. The van der Waals surface area contributed by atoms with E-state index in [0.29, 0.717) is 12.0 Å². The molecular formula is C28H39FN4O5. The van der Waals surface area contributed by atoms with Gasteiger partial charge in [0.2, 0.25) is 17.7 Å². The predicted molar refractivity (Wildman–Crippen MR) is 143 cm³/mol. The number of nitrogens with one attached hydrogen (secondary N) is 2. The van der Waals surface area contributed by atoms with Gasteiger partial charge in [0, 0.05) is 20.5 Å². The third-order valence-electron chi connectivity index (χ3n) is 6.71. The lowest BCUT2D eigenvalue weighted by atomic mass is 9.96. The predicted octanol–water partition coefficient (Wildman–Crippen LogP) is 1.59. The monoisotopic (exact) mass is 530 g/mol. The number of halogens is 1. The highest BCUT2D eigenvalue weighted by atomic mass is 19.1. The van der Waals surface area contributed by atoms with Crippen molar-refractivity contribution in [1.29, 1.82) is 0 Å². The van der Waals surface area contributed by atoms with Crippen molar-refractivity contribution in [2.45, 2.75) is 51.7 Å². The molecule has 0 spiro atoms. The number of carbonyl (C=O) groups is 3. The van der Waals surface area contributed by atoms with E-state index in [2.05, 4.69) is 10.6 Å². The molecule has 0 saturated heterocycles. The van der Waals surface area contributed by atoms with Gasteiger partial charge in [-0.3, -0.25) is 14.4 Å². The second kappa shape index (κ2) is 13.9. The Kier molecular flexibility index (Phi) is 11.2. The molecule has 0 fully saturated rings. The van der Waals surface area contributed by atoms with Crippen LogP contribution in [0.25, 0.3) is 0 Å². The second-order valence-electron chi connectivity index (χ2n) is 9.80. The van der Waals surface area contributed by atoms with Crippen molar-refractivity contribution in [3.8, 4) is 5.75 Å². The van der Waals surface area contributed by atoms with Gasteiger partial charge in [0.05, 0.1) is 6.04 Å². The van der Waals surface area contributed by atoms with Crippen molar-refractivity contribution in [2.24, 2.45) is 5.92 Å². The summed E-state index contributed by atoms with van der Waals surface area (Å²) in [7, 11) is 4.70. The number of phenolic OH excluding ortho intramolecular Hbond substituents is 1. The molecule has 208 valence electrons. The van der Waals surface area contributed by atoms with Crippen LogP contribution >= 0.6 is 0 Å². The third kappa shape index (κ3) is 7.75. The van der Waals surface area contributed by atoms with Crippen LogP contribution in [-0.2, 0) is 27.2 Å². The molecule has 4 N–H and O–H groups in total. The lowest BCUT2D eigenvalue weighted by Crippen LogP contribution is -2.59. The van der Waals surface area contributed by atoms with Gasteiger partial charge in [0.15, 0.2) is 0 Å². The Morgan fingerprint density at radius 3 is 2.08 bits per heavy atom. The fourth-order valence-electron chi connectivity index (χ4n) is 4.48. The van der Waals surface area contributed by atoms with Gasteiger partial charge in [-0.2, -0.15) is 0 Å². The van der Waals surface area contributed by atoms with E-state index in [1.54, 1.807) is 45.3 Å². The molecule has 0 heterocycles. The first kappa shape index (κ1) is 30.7. The van der Waals surface area contributed by atoms with Crippen molar-refractivity contribution in [3.63, 3.8) is 0 Å². The van der Waals surface area contributed by atoms with Crippen LogP contribution in [0.1, 0.15) is 30.5 Å². The Morgan fingerprint density at radius 2 is 1.55 bits per heavy atom. The summed E-state index contributed by atoms with van der Waals surface area (Å²) in [6, 6.07) is 8.32. The van der Waals surface area contributed by atoms with Crippen LogP contribution < -0.4 is 10.6 Å². The van der Waals surface area contributed by atoms with Crippen molar-refractivity contribution in [2.75, 3.05) is 27.9 Å². The molecule has 0 bridgehead atoms. The minimum absolute atomic E-state index is 0.120. The van der Waals surface area contributed by atoms with Gasteiger partial charge < -0.3 is 30.6 Å². The van der Waals surface area contributed by atoms with Crippen LogP contribution in [0.15, 0.2) is 42.5 Å². The molecule has 38 heavy (non-hydrogen) atoms. The molecule has 9 nitrogen and oxygen atoms in total. The SMILES string of the molecule is CN[C@@H](Cc1ccc(F)cc1)C(=O)N(C)[C@H](C(=O)N(C)[C@@H](Cc1ccc(O)c(C)c1)C(=O)NCO)C(C)C. The number of phenols is 1.